The van der Waals surface area contributed by atoms with Crippen molar-refractivity contribution in [2.45, 2.75) is 19.4 Å². The molecular weight excluding hydrogens is 244 g/mol. The van der Waals surface area contributed by atoms with Crippen molar-refractivity contribution >= 4 is 17.3 Å². The number of anilines is 2. The highest BCUT2D eigenvalue weighted by atomic mass is 16.5. The maximum Gasteiger partial charge on any atom is 0.253 e. The number of rotatable bonds is 5. The van der Waals surface area contributed by atoms with E-state index in [1.165, 1.54) is 0 Å². The van der Waals surface area contributed by atoms with Crippen LogP contribution in [0.4, 0.5) is 11.4 Å². The molecule has 1 fully saturated rings. The third-order valence-electron chi connectivity index (χ3n) is 3.13. The van der Waals surface area contributed by atoms with E-state index in [4.69, 9.17) is 15.2 Å². The highest BCUT2D eigenvalue weighted by molar-refractivity contribution is 5.94. The van der Waals surface area contributed by atoms with Gasteiger partial charge in [0.1, 0.15) is 6.10 Å². The number of nitrogens with two attached hydrogens (primary N) is 1. The van der Waals surface area contributed by atoms with Gasteiger partial charge in [-0.1, -0.05) is 6.07 Å². The first kappa shape index (κ1) is 13.8. The predicted octanol–water partition coefficient (Wildman–Crippen LogP) is 1.65. The van der Waals surface area contributed by atoms with E-state index in [9.17, 15) is 4.79 Å². The van der Waals surface area contributed by atoms with Crippen LogP contribution in [0.25, 0.3) is 0 Å². The summed E-state index contributed by atoms with van der Waals surface area (Å²) in [5, 5.41) is 2.78. The zero-order valence-electron chi connectivity index (χ0n) is 11.1. The van der Waals surface area contributed by atoms with Crippen molar-refractivity contribution in [3.05, 3.63) is 24.3 Å². The normalized spacial score (nSPS) is 20.2. The molecule has 5 heteroatoms. The van der Waals surface area contributed by atoms with Crippen molar-refractivity contribution in [3.8, 4) is 0 Å². The Morgan fingerprint density at radius 1 is 1.63 bits per heavy atom. The van der Waals surface area contributed by atoms with Crippen molar-refractivity contribution < 1.29 is 14.3 Å². The topological polar surface area (TPSA) is 73.6 Å². The van der Waals surface area contributed by atoms with E-state index in [1.54, 1.807) is 31.2 Å². The van der Waals surface area contributed by atoms with Crippen LogP contribution in [-0.4, -0.2) is 31.8 Å². The molecule has 1 aromatic rings. The molecule has 1 saturated heterocycles. The molecule has 0 saturated carbocycles. The van der Waals surface area contributed by atoms with Gasteiger partial charge in [0.15, 0.2) is 0 Å². The van der Waals surface area contributed by atoms with Crippen molar-refractivity contribution in [2.75, 3.05) is 30.9 Å². The fraction of sp³-hybridized carbons (Fsp3) is 0.500. The van der Waals surface area contributed by atoms with Crippen molar-refractivity contribution in [3.63, 3.8) is 0 Å². The van der Waals surface area contributed by atoms with Crippen molar-refractivity contribution in [1.29, 1.82) is 0 Å². The molecule has 1 aliphatic heterocycles. The lowest BCUT2D eigenvalue weighted by Crippen LogP contribution is -2.29. The third-order valence-corrected chi connectivity index (χ3v) is 3.13. The highest BCUT2D eigenvalue weighted by Gasteiger charge is 2.19. The monoisotopic (exact) mass is 264 g/mol. The van der Waals surface area contributed by atoms with Crippen LogP contribution < -0.4 is 11.1 Å². The fourth-order valence-corrected chi connectivity index (χ4v) is 1.93. The smallest absolute Gasteiger partial charge is 0.253 e. The first-order valence-corrected chi connectivity index (χ1v) is 6.51. The van der Waals surface area contributed by atoms with Gasteiger partial charge in [0.2, 0.25) is 0 Å². The Morgan fingerprint density at radius 2 is 2.47 bits per heavy atom. The minimum atomic E-state index is -0.484. The number of hydrogen-bond donors (Lipinski definition) is 2. The molecule has 2 rings (SSSR count). The van der Waals surface area contributed by atoms with Gasteiger partial charge in [0.05, 0.1) is 13.2 Å². The molecule has 0 aliphatic carbocycles. The van der Waals surface area contributed by atoms with E-state index in [1.807, 2.05) is 0 Å². The Hall–Kier alpha value is -1.59. The van der Waals surface area contributed by atoms with Gasteiger partial charge in [-0.2, -0.15) is 0 Å². The zero-order chi connectivity index (χ0) is 13.7. The maximum absolute atomic E-state index is 11.9. The van der Waals surface area contributed by atoms with E-state index < -0.39 is 6.10 Å². The Labute approximate surface area is 113 Å². The molecule has 2 atom stereocenters. The second kappa shape index (κ2) is 6.54. The van der Waals surface area contributed by atoms with Crippen molar-refractivity contribution in [1.82, 2.24) is 0 Å². The van der Waals surface area contributed by atoms with Gasteiger partial charge in [-0.25, -0.2) is 0 Å². The van der Waals surface area contributed by atoms with Crippen LogP contribution in [0.1, 0.15) is 13.3 Å². The summed E-state index contributed by atoms with van der Waals surface area (Å²) in [4.78, 5) is 11.9. The molecule has 19 heavy (non-hydrogen) atoms. The molecule has 0 aromatic heterocycles. The molecule has 1 aliphatic rings. The van der Waals surface area contributed by atoms with Crippen LogP contribution in [0, 0.1) is 5.92 Å². The van der Waals surface area contributed by atoms with Gasteiger partial charge in [-0.3, -0.25) is 4.79 Å². The number of hydrogen-bond acceptors (Lipinski definition) is 4. The molecule has 0 spiro atoms. The van der Waals surface area contributed by atoms with Gasteiger partial charge < -0.3 is 20.5 Å². The quantitative estimate of drug-likeness (QED) is 0.793. The van der Waals surface area contributed by atoms with Crippen LogP contribution in [0.2, 0.25) is 0 Å². The number of carbonyl (C=O) groups excluding carboxylic acids is 1. The maximum atomic E-state index is 11.9. The van der Waals surface area contributed by atoms with Crippen LogP contribution in [-0.2, 0) is 14.3 Å². The summed E-state index contributed by atoms with van der Waals surface area (Å²) in [5.74, 6) is 0.243. The fourth-order valence-electron chi connectivity index (χ4n) is 1.93. The summed E-state index contributed by atoms with van der Waals surface area (Å²) in [5.41, 5.74) is 6.96. The van der Waals surface area contributed by atoms with Gasteiger partial charge in [-0.15, -0.1) is 0 Å². The molecule has 3 N–H and O–H groups in total. The Morgan fingerprint density at radius 3 is 3.16 bits per heavy atom. The molecule has 104 valence electrons. The van der Waals surface area contributed by atoms with Gasteiger partial charge in [0, 0.05) is 23.9 Å². The first-order valence-electron chi connectivity index (χ1n) is 6.51. The lowest BCUT2D eigenvalue weighted by molar-refractivity contribution is -0.127. The number of nitrogens with one attached hydrogen (secondary N) is 1. The van der Waals surface area contributed by atoms with E-state index in [0.29, 0.717) is 23.9 Å². The third kappa shape index (κ3) is 4.22. The van der Waals surface area contributed by atoms with Crippen LogP contribution >= 0.6 is 0 Å². The van der Waals surface area contributed by atoms with Crippen LogP contribution in [0.3, 0.4) is 0 Å². The molecule has 1 aromatic carbocycles. The number of benzene rings is 1. The zero-order valence-corrected chi connectivity index (χ0v) is 11.1. The molecular formula is C14H20N2O3. The summed E-state index contributed by atoms with van der Waals surface area (Å²) in [6, 6.07) is 7.09. The summed E-state index contributed by atoms with van der Waals surface area (Å²) >= 11 is 0. The Bertz CT molecular complexity index is 430. The molecule has 1 amide bonds. The Balaban J connectivity index is 1.78. The largest absolute Gasteiger partial charge is 0.399 e. The number of nitrogen functional groups attached to an aromatic ring is 1. The summed E-state index contributed by atoms with van der Waals surface area (Å²) in [7, 11) is 0. The highest BCUT2D eigenvalue weighted by Crippen LogP contribution is 2.15. The predicted molar refractivity (Wildman–Crippen MR) is 73.8 cm³/mol. The molecule has 0 bridgehead atoms. The number of ether oxygens (including phenoxy) is 2. The van der Waals surface area contributed by atoms with Crippen LogP contribution in [0.5, 0.6) is 0 Å². The molecule has 2 unspecified atom stereocenters. The van der Waals surface area contributed by atoms with Gasteiger partial charge in [0.25, 0.3) is 5.91 Å². The number of carbonyl (C=O) groups is 1. The van der Waals surface area contributed by atoms with Gasteiger partial charge in [-0.05, 0) is 31.5 Å². The lowest BCUT2D eigenvalue weighted by Gasteiger charge is -2.15. The number of amides is 1. The lowest BCUT2D eigenvalue weighted by atomic mass is 10.1. The molecule has 1 heterocycles. The SMILES string of the molecule is CC(OCC1CCOC1)C(=O)Nc1cccc(N)c1. The average Bonchev–Trinajstić information content (AvgIpc) is 2.89. The van der Waals surface area contributed by atoms with Crippen molar-refractivity contribution in [2.24, 2.45) is 5.92 Å². The minimum absolute atomic E-state index is 0.162. The van der Waals surface area contributed by atoms with E-state index in [2.05, 4.69) is 5.32 Å². The van der Waals surface area contributed by atoms with E-state index in [-0.39, 0.29) is 5.91 Å². The molecule has 5 nitrogen and oxygen atoms in total. The average molecular weight is 264 g/mol. The first-order chi connectivity index (χ1) is 9.15. The second-order valence-corrected chi connectivity index (χ2v) is 4.82. The van der Waals surface area contributed by atoms with Crippen LogP contribution in [0.15, 0.2) is 24.3 Å². The Kier molecular flexibility index (Phi) is 4.76. The summed E-state index contributed by atoms with van der Waals surface area (Å²) < 4.78 is 10.8. The minimum Gasteiger partial charge on any atom is -0.399 e. The summed E-state index contributed by atoms with van der Waals surface area (Å²) in [6.07, 6.45) is 0.519. The molecule has 0 radical (unpaired) electrons. The standard InChI is InChI=1S/C14H20N2O3/c1-10(19-9-11-5-6-18-8-11)14(17)16-13-4-2-3-12(15)7-13/h2-4,7,10-11H,5-6,8-9,15H2,1H3,(H,16,17). The summed E-state index contributed by atoms with van der Waals surface area (Å²) in [6.45, 7) is 3.82. The van der Waals surface area contributed by atoms with E-state index >= 15 is 0 Å². The second-order valence-electron chi connectivity index (χ2n) is 4.82. The van der Waals surface area contributed by atoms with E-state index in [0.717, 1.165) is 19.6 Å². The van der Waals surface area contributed by atoms with Gasteiger partial charge >= 0.3 is 0 Å².